The van der Waals surface area contributed by atoms with Gasteiger partial charge in [-0.2, -0.15) is 4.31 Å². The van der Waals surface area contributed by atoms with Crippen LogP contribution in [0.1, 0.15) is 19.3 Å². The van der Waals surface area contributed by atoms with Gasteiger partial charge < -0.3 is 20.1 Å². The van der Waals surface area contributed by atoms with Crippen molar-refractivity contribution in [3.05, 3.63) is 24.3 Å². The molecular formula is C19H27N3O5S. The third kappa shape index (κ3) is 3.97. The predicted octanol–water partition coefficient (Wildman–Crippen LogP) is 0.741. The Hall–Kier alpha value is -1.84. The summed E-state index contributed by atoms with van der Waals surface area (Å²) in [5.74, 6) is -0.651. The van der Waals surface area contributed by atoms with E-state index < -0.39 is 21.9 Å². The minimum absolute atomic E-state index is 0.00772. The Morgan fingerprint density at radius 2 is 1.82 bits per heavy atom. The average molecular weight is 410 g/mol. The zero-order valence-corrected chi connectivity index (χ0v) is 16.8. The van der Waals surface area contributed by atoms with E-state index in [0.717, 1.165) is 18.5 Å². The van der Waals surface area contributed by atoms with Crippen LogP contribution in [0, 0.1) is 5.92 Å². The minimum Gasteiger partial charge on any atom is -0.489 e. The van der Waals surface area contributed by atoms with E-state index >= 15 is 0 Å². The highest BCUT2D eigenvalue weighted by molar-refractivity contribution is 7.88. The minimum atomic E-state index is -3.14. The number of nitrogens with one attached hydrogen (secondary N) is 1. The molecule has 3 aliphatic heterocycles. The van der Waals surface area contributed by atoms with Crippen LogP contribution in [-0.2, 0) is 14.8 Å². The van der Waals surface area contributed by atoms with Gasteiger partial charge in [0.1, 0.15) is 17.8 Å². The second-order valence-electron chi connectivity index (χ2n) is 7.95. The Morgan fingerprint density at radius 3 is 2.43 bits per heavy atom. The van der Waals surface area contributed by atoms with E-state index in [1.165, 1.54) is 10.6 Å². The molecule has 4 rings (SSSR count). The van der Waals surface area contributed by atoms with Crippen molar-refractivity contribution in [2.45, 2.75) is 37.5 Å². The molecule has 4 atom stereocenters. The lowest BCUT2D eigenvalue weighted by molar-refractivity contribution is -0.147. The van der Waals surface area contributed by atoms with Gasteiger partial charge in [-0.3, -0.25) is 4.79 Å². The fourth-order valence-electron chi connectivity index (χ4n) is 4.65. The van der Waals surface area contributed by atoms with E-state index in [9.17, 15) is 18.3 Å². The van der Waals surface area contributed by atoms with Gasteiger partial charge in [-0.1, -0.05) is 0 Å². The van der Waals surface area contributed by atoms with Gasteiger partial charge in [0.2, 0.25) is 10.0 Å². The van der Waals surface area contributed by atoms with E-state index in [-0.39, 0.29) is 12.1 Å². The van der Waals surface area contributed by atoms with Crippen molar-refractivity contribution in [3.63, 3.8) is 0 Å². The van der Waals surface area contributed by atoms with Crippen molar-refractivity contribution < 1.29 is 23.1 Å². The Labute approximate surface area is 165 Å². The number of fused-ring (bicyclic) bond motifs is 2. The van der Waals surface area contributed by atoms with E-state index in [4.69, 9.17) is 4.74 Å². The topological polar surface area (TPSA) is 99.2 Å². The van der Waals surface area contributed by atoms with Gasteiger partial charge in [-0.05, 0) is 37.1 Å². The Balaban J connectivity index is 1.39. The molecule has 2 bridgehead atoms. The maximum atomic E-state index is 11.7. The molecule has 1 aromatic rings. The second kappa shape index (κ2) is 7.53. The molecule has 3 aliphatic rings. The van der Waals surface area contributed by atoms with E-state index in [0.29, 0.717) is 44.4 Å². The molecule has 3 saturated heterocycles. The summed E-state index contributed by atoms with van der Waals surface area (Å²) in [7, 11) is -3.14. The van der Waals surface area contributed by atoms with Crippen molar-refractivity contribution in [1.82, 2.24) is 9.62 Å². The van der Waals surface area contributed by atoms with Gasteiger partial charge in [0.25, 0.3) is 0 Å². The van der Waals surface area contributed by atoms with Crippen LogP contribution in [0.3, 0.4) is 0 Å². The summed E-state index contributed by atoms with van der Waals surface area (Å²) >= 11 is 0. The molecule has 1 aromatic carbocycles. The monoisotopic (exact) mass is 409 g/mol. The number of aliphatic carboxylic acids is 1. The number of carbonyl (C=O) groups is 1. The molecule has 28 heavy (non-hydrogen) atoms. The van der Waals surface area contributed by atoms with Crippen LogP contribution in [0.2, 0.25) is 0 Å². The number of anilines is 1. The van der Waals surface area contributed by atoms with E-state index in [1.807, 2.05) is 24.3 Å². The van der Waals surface area contributed by atoms with Gasteiger partial charge in [-0.25, -0.2) is 8.42 Å². The molecule has 3 fully saturated rings. The molecule has 4 unspecified atom stereocenters. The highest BCUT2D eigenvalue weighted by Gasteiger charge is 2.46. The molecule has 154 valence electrons. The molecule has 0 radical (unpaired) electrons. The third-order valence-electron chi connectivity index (χ3n) is 6.11. The molecule has 0 aromatic heterocycles. The van der Waals surface area contributed by atoms with Crippen molar-refractivity contribution in [3.8, 4) is 5.75 Å². The lowest BCUT2D eigenvalue weighted by atomic mass is 9.89. The van der Waals surface area contributed by atoms with Crippen LogP contribution in [0.5, 0.6) is 5.75 Å². The number of piperidine rings is 1. The Kier molecular flexibility index (Phi) is 5.24. The number of carboxylic acids is 1. The third-order valence-corrected chi connectivity index (χ3v) is 7.41. The zero-order valence-electron chi connectivity index (χ0n) is 16.0. The number of rotatable bonds is 5. The smallest absolute Gasteiger partial charge is 0.311 e. The van der Waals surface area contributed by atoms with Gasteiger partial charge >= 0.3 is 5.97 Å². The quantitative estimate of drug-likeness (QED) is 0.740. The number of ether oxygens (including phenoxy) is 1. The van der Waals surface area contributed by atoms with Crippen LogP contribution < -0.4 is 15.0 Å². The standard InChI is InChI=1S/C19H27N3O5S/c1-28(25,26)22-10-8-21(9-11-22)14-3-5-15(6-4-14)27-17-12-13-2-7-16(20-13)18(17)19(23)24/h3-6,13,16-18,20H,2,7-12H2,1H3,(H,23,24). The molecule has 0 amide bonds. The maximum Gasteiger partial charge on any atom is 0.311 e. The summed E-state index contributed by atoms with van der Waals surface area (Å²) in [6.45, 7) is 2.25. The summed E-state index contributed by atoms with van der Waals surface area (Å²) in [6.07, 6.45) is 3.53. The molecule has 3 heterocycles. The number of nitrogens with zero attached hydrogens (tertiary/aromatic N) is 2. The molecule has 0 aliphatic carbocycles. The fourth-order valence-corrected chi connectivity index (χ4v) is 5.47. The number of hydrogen-bond acceptors (Lipinski definition) is 6. The van der Waals surface area contributed by atoms with Crippen LogP contribution in [0.15, 0.2) is 24.3 Å². The fraction of sp³-hybridized carbons (Fsp3) is 0.632. The van der Waals surface area contributed by atoms with Crippen molar-refractivity contribution in [2.75, 3.05) is 37.3 Å². The molecule has 2 N–H and O–H groups in total. The summed E-state index contributed by atoms with van der Waals surface area (Å²) in [4.78, 5) is 13.9. The first-order chi connectivity index (χ1) is 13.3. The summed E-state index contributed by atoms with van der Waals surface area (Å²) in [6, 6.07) is 8.00. The van der Waals surface area contributed by atoms with Crippen LogP contribution in [0.25, 0.3) is 0 Å². The summed E-state index contributed by atoms with van der Waals surface area (Å²) < 4.78 is 30.9. The summed E-state index contributed by atoms with van der Waals surface area (Å²) in [5.41, 5.74) is 1.01. The first-order valence-electron chi connectivity index (χ1n) is 9.77. The molecule has 9 heteroatoms. The number of sulfonamides is 1. The number of hydrogen-bond donors (Lipinski definition) is 2. The normalized spacial score (nSPS) is 31.0. The molecular weight excluding hydrogens is 382 g/mol. The van der Waals surface area contributed by atoms with Gasteiger partial charge in [0, 0.05) is 50.4 Å². The number of carboxylic acid groups (broad SMARTS) is 1. The van der Waals surface area contributed by atoms with Crippen molar-refractivity contribution in [1.29, 1.82) is 0 Å². The van der Waals surface area contributed by atoms with Crippen LogP contribution in [-0.4, -0.2) is 74.4 Å². The number of piperazine rings is 1. The number of benzene rings is 1. The maximum absolute atomic E-state index is 11.7. The first-order valence-corrected chi connectivity index (χ1v) is 11.6. The molecule has 8 nitrogen and oxygen atoms in total. The highest BCUT2D eigenvalue weighted by atomic mass is 32.2. The highest BCUT2D eigenvalue weighted by Crippen LogP contribution is 2.34. The lowest BCUT2D eigenvalue weighted by Crippen LogP contribution is -2.53. The van der Waals surface area contributed by atoms with E-state index in [1.54, 1.807) is 0 Å². The van der Waals surface area contributed by atoms with Gasteiger partial charge in [-0.15, -0.1) is 0 Å². The van der Waals surface area contributed by atoms with Crippen LogP contribution >= 0.6 is 0 Å². The van der Waals surface area contributed by atoms with Crippen LogP contribution in [0.4, 0.5) is 5.69 Å². The Morgan fingerprint density at radius 1 is 1.14 bits per heavy atom. The van der Waals surface area contributed by atoms with Crippen molar-refractivity contribution in [2.24, 2.45) is 5.92 Å². The summed E-state index contributed by atoms with van der Waals surface area (Å²) in [5, 5.41) is 13.0. The van der Waals surface area contributed by atoms with Gasteiger partial charge in [0.05, 0.1) is 6.26 Å². The largest absolute Gasteiger partial charge is 0.489 e. The average Bonchev–Trinajstić information content (AvgIpc) is 3.02. The van der Waals surface area contributed by atoms with Gasteiger partial charge in [0.15, 0.2) is 0 Å². The second-order valence-corrected chi connectivity index (χ2v) is 9.93. The Bertz CT molecular complexity index is 820. The first kappa shape index (κ1) is 19.5. The molecule has 0 spiro atoms. The SMILES string of the molecule is CS(=O)(=O)N1CCN(c2ccc(OC3CC4CCC(N4)C3C(=O)O)cc2)CC1. The molecule has 0 saturated carbocycles. The van der Waals surface area contributed by atoms with Crippen molar-refractivity contribution >= 4 is 21.7 Å². The zero-order chi connectivity index (χ0) is 19.9. The van der Waals surface area contributed by atoms with E-state index in [2.05, 4.69) is 10.2 Å². The lowest BCUT2D eigenvalue weighted by Gasteiger charge is -2.36. The predicted molar refractivity (Wildman–Crippen MR) is 105 cm³/mol.